The minimum absolute atomic E-state index is 0.0186. The van der Waals surface area contributed by atoms with Crippen LogP contribution in [0.3, 0.4) is 0 Å². The fourth-order valence-electron chi connectivity index (χ4n) is 1.08. The zero-order valence-electron chi connectivity index (χ0n) is 8.77. The Labute approximate surface area is 106 Å². The largest absolute Gasteiger partial charge is 0.478 e. The molecule has 0 radical (unpaired) electrons. The van der Waals surface area contributed by atoms with E-state index in [4.69, 9.17) is 5.11 Å². The second-order valence-electron chi connectivity index (χ2n) is 3.01. The predicted molar refractivity (Wildman–Crippen MR) is 66.3 cm³/mol. The molecule has 0 aliphatic carbocycles. The molecule has 17 heavy (non-hydrogen) atoms. The molecule has 0 saturated carbocycles. The maximum Gasteiger partial charge on any atom is 0.411 e. The standard InChI is InChI=1S/C11H10BrNO4/c1-2-5-17-11(16)13-9-4-3-7(12)6-8(9)10(14)15/h2-4,6H,1,5H2,(H,13,16)(H,14,15). The number of nitrogens with one attached hydrogen (secondary N) is 1. The Morgan fingerprint density at radius 1 is 1.53 bits per heavy atom. The number of amides is 1. The molecule has 2 N–H and O–H groups in total. The topological polar surface area (TPSA) is 75.6 Å². The Balaban J connectivity index is 2.86. The average Bonchev–Trinajstić information content (AvgIpc) is 2.28. The first-order valence-corrected chi connectivity index (χ1v) is 5.41. The number of hydrogen-bond acceptors (Lipinski definition) is 3. The number of aromatic carboxylic acids is 1. The Hall–Kier alpha value is -1.82. The van der Waals surface area contributed by atoms with Crippen LogP contribution in [0.2, 0.25) is 0 Å². The van der Waals surface area contributed by atoms with E-state index < -0.39 is 12.1 Å². The van der Waals surface area contributed by atoms with Gasteiger partial charge in [0.1, 0.15) is 6.61 Å². The van der Waals surface area contributed by atoms with Crippen LogP contribution in [-0.4, -0.2) is 23.8 Å². The van der Waals surface area contributed by atoms with Crippen LogP contribution >= 0.6 is 15.9 Å². The smallest absolute Gasteiger partial charge is 0.411 e. The quantitative estimate of drug-likeness (QED) is 0.838. The molecule has 0 bridgehead atoms. The summed E-state index contributed by atoms with van der Waals surface area (Å²) in [5.74, 6) is -1.13. The Kier molecular flexibility index (Phi) is 4.71. The summed E-state index contributed by atoms with van der Waals surface area (Å²) < 4.78 is 5.30. The SMILES string of the molecule is C=CCOC(=O)Nc1ccc(Br)cc1C(=O)O. The zero-order chi connectivity index (χ0) is 12.8. The number of carbonyl (C=O) groups is 2. The summed E-state index contributed by atoms with van der Waals surface area (Å²) in [5, 5.41) is 11.3. The van der Waals surface area contributed by atoms with Crippen molar-refractivity contribution in [2.45, 2.75) is 0 Å². The zero-order valence-corrected chi connectivity index (χ0v) is 10.4. The highest BCUT2D eigenvalue weighted by Crippen LogP contribution is 2.21. The summed E-state index contributed by atoms with van der Waals surface area (Å²) in [4.78, 5) is 22.2. The number of carbonyl (C=O) groups excluding carboxylic acids is 1. The lowest BCUT2D eigenvalue weighted by Crippen LogP contribution is -2.16. The van der Waals surface area contributed by atoms with Crippen LogP contribution in [0.4, 0.5) is 10.5 Å². The number of carboxylic acid groups (broad SMARTS) is 1. The van der Waals surface area contributed by atoms with E-state index in [0.29, 0.717) is 4.47 Å². The van der Waals surface area contributed by atoms with Crippen molar-refractivity contribution in [2.75, 3.05) is 11.9 Å². The van der Waals surface area contributed by atoms with E-state index in [2.05, 4.69) is 32.6 Å². The van der Waals surface area contributed by atoms with Crippen molar-refractivity contribution in [3.8, 4) is 0 Å². The Morgan fingerprint density at radius 3 is 2.82 bits per heavy atom. The lowest BCUT2D eigenvalue weighted by molar-refractivity contribution is 0.0698. The van der Waals surface area contributed by atoms with Crippen molar-refractivity contribution in [3.63, 3.8) is 0 Å². The Morgan fingerprint density at radius 2 is 2.24 bits per heavy atom. The van der Waals surface area contributed by atoms with Gasteiger partial charge in [0.15, 0.2) is 0 Å². The summed E-state index contributed by atoms with van der Waals surface area (Å²) >= 11 is 3.15. The number of rotatable bonds is 4. The summed E-state index contributed by atoms with van der Waals surface area (Å²) in [6.07, 6.45) is 0.689. The third-order valence-electron chi connectivity index (χ3n) is 1.78. The molecule has 0 spiro atoms. The summed E-state index contributed by atoms with van der Waals surface area (Å²) in [6.45, 7) is 3.45. The number of anilines is 1. The van der Waals surface area contributed by atoms with Gasteiger partial charge in [0.2, 0.25) is 0 Å². The molecule has 1 rings (SSSR count). The molecule has 5 nitrogen and oxygen atoms in total. The van der Waals surface area contributed by atoms with Gasteiger partial charge in [-0.2, -0.15) is 0 Å². The van der Waals surface area contributed by atoms with Gasteiger partial charge in [0, 0.05) is 4.47 Å². The second kappa shape index (κ2) is 6.05. The molecule has 1 aromatic carbocycles. The molecule has 0 aromatic heterocycles. The van der Waals surface area contributed by atoms with Crippen LogP contribution < -0.4 is 5.32 Å². The maximum absolute atomic E-state index is 11.2. The van der Waals surface area contributed by atoms with Crippen LogP contribution in [0.25, 0.3) is 0 Å². The lowest BCUT2D eigenvalue weighted by Gasteiger charge is -2.08. The fraction of sp³-hybridized carbons (Fsp3) is 0.0909. The highest BCUT2D eigenvalue weighted by atomic mass is 79.9. The maximum atomic E-state index is 11.2. The fourth-order valence-corrected chi connectivity index (χ4v) is 1.44. The molecular weight excluding hydrogens is 290 g/mol. The van der Waals surface area contributed by atoms with Gasteiger partial charge in [0.25, 0.3) is 0 Å². The van der Waals surface area contributed by atoms with Gasteiger partial charge in [-0.3, -0.25) is 5.32 Å². The van der Waals surface area contributed by atoms with Gasteiger partial charge in [0.05, 0.1) is 11.3 Å². The third-order valence-corrected chi connectivity index (χ3v) is 2.27. The van der Waals surface area contributed by atoms with Crippen molar-refractivity contribution >= 4 is 33.7 Å². The molecule has 0 fully saturated rings. The van der Waals surface area contributed by atoms with Crippen LogP contribution in [0.15, 0.2) is 35.3 Å². The molecule has 1 amide bonds. The van der Waals surface area contributed by atoms with Crippen LogP contribution in [0, 0.1) is 0 Å². The van der Waals surface area contributed by atoms with E-state index >= 15 is 0 Å². The van der Waals surface area contributed by atoms with Gasteiger partial charge in [-0.05, 0) is 18.2 Å². The van der Waals surface area contributed by atoms with Crippen LogP contribution in [0.1, 0.15) is 10.4 Å². The minimum atomic E-state index is -1.13. The number of halogens is 1. The van der Waals surface area contributed by atoms with Crippen molar-refractivity contribution in [1.29, 1.82) is 0 Å². The molecule has 0 heterocycles. The van der Waals surface area contributed by atoms with Gasteiger partial charge in [-0.25, -0.2) is 9.59 Å². The van der Waals surface area contributed by atoms with Crippen molar-refractivity contribution in [3.05, 3.63) is 40.9 Å². The first-order valence-electron chi connectivity index (χ1n) is 4.62. The lowest BCUT2D eigenvalue weighted by atomic mass is 10.2. The summed E-state index contributed by atoms with van der Waals surface area (Å²) in [5.41, 5.74) is 0.157. The molecule has 0 atom stereocenters. The number of carboxylic acids is 1. The first kappa shape index (κ1) is 13.2. The van der Waals surface area contributed by atoms with Crippen molar-refractivity contribution in [1.82, 2.24) is 0 Å². The van der Waals surface area contributed by atoms with E-state index in [9.17, 15) is 9.59 Å². The summed E-state index contributed by atoms with van der Waals surface area (Å²) in [6, 6.07) is 4.49. The van der Waals surface area contributed by atoms with Crippen LogP contribution in [0.5, 0.6) is 0 Å². The van der Waals surface area contributed by atoms with Gasteiger partial charge < -0.3 is 9.84 Å². The molecule has 0 aliphatic heterocycles. The van der Waals surface area contributed by atoms with Gasteiger partial charge >= 0.3 is 12.1 Å². The molecule has 90 valence electrons. The second-order valence-corrected chi connectivity index (χ2v) is 3.92. The molecule has 0 aliphatic rings. The Bertz CT molecular complexity index is 459. The molecule has 0 saturated heterocycles. The summed E-state index contributed by atoms with van der Waals surface area (Å²) in [7, 11) is 0. The van der Waals surface area contributed by atoms with Gasteiger partial charge in [-0.1, -0.05) is 28.6 Å². The van der Waals surface area contributed by atoms with E-state index in [1.54, 1.807) is 6.07 Å². The van der Waals surface area contributed by atoms with E-state index in [1.165, 1.54) is 18.2 Å². The predicted octanol–water partition coefficient (Wildman–Crippen LogP) is 2.88. The number of hydrogen-bond donors (Lipinski definition) is 2. The van der Waals surface area contributed by atoms with Gasteiger partial charge in [-0.15, -0.1) is 0 Å². The first-order chi connectivity index (χ1) is 8.04. The minimum Gasteiger partial charge on any atom is -0.478 e. The molecular formula is C11H10BrNO4. The highest BCUT2D eigenvalue weighted by Gasteiger charge is 2.13. The van der Waals surface area contributed by atoms with E-state index in [1.807, 2.05) is 0 Å². The highest BCUT2D eigenvalue weighted by molar-refractivity contribution is 9.10. The molecule has 6 heteroatoms. The van der Waals surface area contributed by atoms with Crippen LogP contribution in [-0.2, 0) is 4.74 Å². The number of ether oxygens (including phenoxy) is 1. The van der Waals surface area contributed by atoms with Crippen molar-refractivity contribution < 1.29 is 19.4 Å². The molecule has 1 aromatic rings. The number of benzene rings is 1. The third kappa shape index (κ3) is 3.92. The van der Waals surface area contributed by atoms with E-state index in [0.717, 1.165) is 0 Å². The van der Waals surface area contributed by atoms with E-state index in [-0.39, 0.29) is 17.9 Å². The average molecular weight is 300 g/mol. The van der Waals surface area contributed by atoms with Crippen molar-refractivity contribution in [2.24, 2.45) is 0 Å². The normalized spacial score (nSPS) is 9.47. The monoisotopic (exact) mass is 299 g/mol. The molecule has 0 unspecified atom stereocenters.